The summed E-state index contributed by atoms with van der Waals surface area (Å²) in [6.07, 6.45) is 0. The van der Waals surface area contributed by atoms with Gasteiger partial charge in [0.2, 0.25) is 5.91 Å². The van der Waals surface area contributed by atoms with Crippen molar-refractivity contribution in [3.8, 4) is 17.2 Å². The normalized spacial score (nSPS) is 18.8. The van der Waals surface area contributed by atoms with E-state index >= 15 is 0 Å². The average Bonchev–Trinajstić information content (AvgIpc) is 3.01. The molecule has 9 nitrogen and oxygen atoms in total. The van der Waals surface area contributed by atoms with Crippen molar-refractivity contribution in [3.63, 3.8) is 0 Å². The first-order chi connectivity index (χ1) is 20.4. The van der Waals surface area contributed by atoms with Crippen molar-refractivity contribution in [2.45, 2.75) is 18.9 Å². The van der Waals surface area contributed by atoms with E-state index in [-0.39, 0.29) is 11.8 Å². The molecule has 222 valence electrons. The molecule has 0 aliphatic carbocycles. The third kappa shape index (κ3) is 6.18. The molecule has 2 aliphatic heterocycles. The summed E-state index contributed by atoms with van der Waals surface area (Å²) in [5, 5.41) is 3.38. The molecule has 2 amide bonds. The number of hydrogen-bond donors (Lipinski definition) is 1. The number of benzene rings is 3. The Morgan fingerprint density at radius 3 is 2.40 bits per heavy atom. The Kier molecular flexibility index (Phi) is 9.51. The molecule has 1 saturated heterocycles. The predicted octanol–water partition coefficient (Wildman–Crippen LogP) is 5.01. The topological polar surface area (TPSA) is 89.6 Å². The van der Waals surface area contributed by atoms with Crippen LogP contribution < -0.4 is 19.5 Å². The first kappa shape index (κ1) is 29.7. The van der Waals surface area contributed by atoms with Gasteiger partial charge in [-0.05, 0) is 42.3 Å². The number of halogens is 1. The second-order valence-corrected chi connectivity index (χ2v) is 10.5. The Balaban J connectivity index is 1.57. The average molecular weight is 594 g/mol. The third-order valence-electron chi connectivity index (χ3n) is 7.75. The van der Waals surface area contributed by atoms with Gasteiger partial charge < -0.3 is 29.2 Å². The van der Waals surface area contributed by atoms with Crippen molar-refractivity contribution in [1.29, 1.82) is 0 Å². The van der Waals surface area contributed by atoms with Crippen LogP contribution in [0.1, 0.15) is 40.4 Å². The second-order valence-electron chi connectivity index (χ2n) is 10.1. The number of morpholine rings is 1. The van der Waals surface area contributed by atoms with Gasteiger partial charge in [0.1, 0.15) is 17.2 Å². The highest BCUT2D eigenvalue weighted by Gasteiger charge is 2.44. The highest BCUT2D eigenvalue weighted by molar-refractivity contribution is 6.32. The number of anilines is 1. The smallest absolute Gasteiger partial charge is 0.254 e. The van der Waals surface area contributed by atoms with E-state index in [0.29, 0.717) is 66.2 Å². The lowest BCUT2D eigenvalue weighted by Gasteiger charge is -2.43. The summed E-state index contributed by atoms with van der Waals surface area (Å²) in [5.41, 5.74) is 2.43. The van der Waals surface area contributed by atoms with Gasteiger partial charge in [0.05, 0.1) is 56.7 Å². The maximum absolute atomic E-state index is 14.3. The highest BCUT2D eigenvalue weighted by Crippen LogP contribution is 2.44. The van der Waals surface area contributed by atoms with Gasteiger partial charge in [-0.2, -0.15) is 0 Å². The third-order valence-corrected chi connectivity index (χ3v) is 8.04. The first-order valence-electron chi connectivity index (χ1n) is 14.1. The van der Waals surface area contributed by atoms with Crippen molar-refractivity contribution < 1.29 is 28.5 Å². The van der Waals surface area contributed by atoms with Crippen LogP contribution >= 0.6 is 11.6 Å². The molecule has 0 saturated carbocycles. The van der Waals surface area contributed by atoms with Crippen LogP contribution in [0.5, 0.6) is 17.2 Å². The van der Waals surface area contributed by atoms with Crippen LogP contribution in [0, 0.1) is 0 Å². The summed E-state index contributed by atoms with van der Waals surface area (Å²) in [6.45, 7) is 6.51. The van der Waals surface area contributed by atoms with Crippen LogP contribution in [0.25, 0.3) is 0 Å². The maximum atomic E-state index is 14.3. The molecular weight excluding hydrogens is 558 g/mol. The Morgan fingerprint density at radius 2 is 1.71 bits per heavy atom. The SMILES string of the molecule is CCOc1ccc([C@@H]2[C@@H](C(=O)Nc3cc(Cl)c(OC)cc3OC)c3ccccc3C(=O)N2CCN2CCOCC2)cc1. The molecule has 3 aromatic rings. The fourth-order valence-corrected chi connectivity index (χ4v) is 5.90. The van der Waals surface area contributed by atoms with Gasteiger partial charge in [-0.1, -0.05) is 41.9 Å². The number of rotatable bonds is 10. The van der Waals surface area contributed by atoms with Gasteiger partial charge in [0.15, 0.2) is 0 Å². The van der Waals surface area contributed by atoms with Crippen molar-refractivity contribution in [3.05, 3.63) is 82.4 Å². The quantitative estimate of drug-likeness (QED) is 0.354. The molecular formula is C32H36ClN3O6. The van der Waals surface area contributed by atoms with Gasteiger partial charge in [0.25, 0.3) is 5.91 Å². The van der Waals surface area contributed by atoms with Crippen LogP contribution in [0.4, 0.5) is 5.69 Å². The predicted molar refractivity (Wildman–Crippen MR) is 161 cm³/mol. The fraction of sp³-hybridized carbons (Fsp3) is 0.375. The number of methoxy groups -OCH3 is 2. The maximum Gasteiger partial charge on any atom is 0.254 e. The summed E-state index contributed by atoms with van der Waals surface area (Å²) in [4.78, 5) is 32.5. The first-order valence-corrected chi connectivity index (χ1v) is 14.5. The standard InChI is InChI=1S/C32H36ClN3O6/c1-4-42-22-11-9-21(10-12-22)30-29(31(37)34-26-19-25(33)27(39-2)20-28(26)40-3)23-7-5-6-8-24(23)32(38)36(30)14-13-35-15-17-41-18-16-35/h5-12,19-20,29-30H,4,13-18H2,1-3H3,(H,34,37)/t29-,30+/m0/s1. The molecule has 5 rings (SSSR count). The lowest BCUT2D eigenvalue weighted by Crippen LogP contribution is -2.49. The molecule has 3 aromatic carbocycles. The van der Waals surface area contributed by atoms with Gasteiger partial charge in [-0.3, -0.25) is 14.5 Å². The molecule has 2 aliphatic rings. The van der Waals surface area contributed by atoms with Crippen LogP contribution in [0.3, 0.4) is 0 Å². The van der Waals surface area contributed by atoms with Crippen molar-refractivity contribution in [1.82, 2.24) is 9.80 Å². The Hall–Kier alpha value is -3.79. The van der Waals surface area contributed by atoms with E-state index in [1.165, 1.54) is 14.2 Å². The van der Waals surface area contributed by atoms with Crippen molar-refractivity contribution >= 4 is 29.1 Å². The van der Waals surface area contributed by atoms with E-state index < -0.39 is 12.0 Å². The van der Waals surface area contributed by atoms with E-state index in [4.69, 9.17) is 30.5 Å². The minimum Gasteiger partial charge on any atom is -0.495 e. The molecule has 0 spiro atoms. The monoisotopic (exact) mass is 593 g/mol. The van der Waals surface area contributed by atoms with Gasteiger partial charge >= 0.3 is 0 Å². The van der Waals surface area contributed by atoms with Gasteiger partial charge in [-0.15, -0.1) is 0 Å². The summed E-state index contributed by atoms with van der Waals surface area (Å²) < 4.78 is 22.1. The van der Waals surface area contributed by atoms with E-state index in [1.807, 2.05) is 54.3 Å². The molecule has 0 aromatic heterocycles. The van der Waals surface area contributed by atoms with E-state index in [2.05, 4.69) is 10.2 Å². The lowest BCUT2D eigenvalue weighted by molar-refractivity contribution is -0.119. The van der Waals surface area contributed by atoms with Crippen LogP contribution in [0.15, 0.2) is 60.7 Å². The Labute approximate surface area is 251 Å². The molecule has 42 heavy (non-hydrogen) atoms. The second kappa shape index (κ2) is 13.5. The number of ether oxygens (including phenoxy) is 4. The molecule has 0 unspecified atom stereocenters. The lowest BCUT2D eigenvalue weighted by atomic mass is 9.79. The largest absolute Gasteiger partial charge is 0.495 e. The summed E-state index contributed by atoms with van der Waals surface area (Å²) >= 11 is 6.42. The molecule has 10 heteroatoms. The number of nitrogens with zero attached hydrogens (tertiary/aromatic N) is 2. The van der Waals surface area contributed by atoms with Crippen LogP contribution in [-0.2, 0) is 9.53 Å². The number of hydrogen-bond acceptors (Lipinski definition) is 7. The number of amides is 2. The minimum absolute atomic E-state index is 0.105. The number of fused-ring (bicyclic) bond motifs is 1. The molecule has 1 N–H and O–H groups in total. The van der Waals surface area contributed by atoms with Crippen LogP contribution in [0.2, 0.25) is 5.02 Å². The Morgan fingerprint density at radius 1 is 1.00 bits per heavy atom. The zero-order valence-corrected chi connectivity index (χ0v) is 24.9. The van der Waals surface area contributed by atoms with Gasteiger partial charge in [0, 0.05) is 37.8 Å². The summed E-state index contributed by atoms with van der Waals surface area (Å²) in [6, 6.07) is 17.6. The molecule has 0 radical (unpaired) electrons. The van der Waals surface area contributed by atoms with E-state index in [9.17, 15) is 9.59 Å². The number of carbonyl (C=O) groups is 2. The van der Waals surface area contributed by atoms with Crippen molar-refractivity contribution in [2.24, 2.45) is 0 Å². The minimum atomic E-state index is -0.716. The molecule has 1 fully saturated rings. The van der Waals surface area contributed by atoms with E-state index in [0.717, 1.165) is 24.4 Å². The zero-order valence-electron chi connectivity index (χ0n) is 24.1. The molecule has 2 atom stereocenters. The number of nitrogens with one attached hydrogen (secondary N) is 1. The summed E-state index contributed by atoms with van der Waals surface area (Å²) in [5.74, 6) is 0.458. The van der Waals surface area contributed by atoms with Crippen molar-refractivity contribution in [2.75, 3.05) is 65.5 Å². The molecule has 2 heterocycles. The van der Waals surface area contributed by atoms with E-state index in [1.54, 1.807) is 18.2 Å². The molecule has 0 bridgehead atoms. The zero-order chi connectivity index (χ0) is 29.6. The highest BCUT2D eigenvalue weighted by atomic mass is 35.5. The Bertz CT molecular complexity index is 1410. The van der Waals surface area contributed by atoms with Crippen LogP contribution in [-0.4, -0.2) is 81.8 Å². The summed E-state index contributed by atoms with van der Waals surface area (Å²) in [7, 11) is 3.03. The number of carbonyl (C=O) groups excluding carboxylic acids is 2. The van der Waals surface area contributed by atoms with Gasteiger partial charge in [-0.25, -0.2) is 0 Å². The fourth-order valence-electron chi connectivity index (χ4n) is 5.66.